The summed E-state index contributed by atoms with van der Waals surface area (Å²) < 4.78 is 60.2. The molecule has 0 N–H and O–H groups in total. The smallest absolute Gasteiger partial charge is 0.339 e. The molecule has 0 saturated carbocycles. The maximum Gasteiger partial charge on any atom is 0.339 e. The normalized spacial score (nSPS) is 11.1. The fourth-order valence-electron chi connectivity index (χ4n) is 1.75. The van der Waals surface area contributed by atoms with E-state index in [0.717, 1.165) is 6.07 Å². The molecule has 5 nitrogen and oxygen atoms in total. The minimum atomic E-state index is -4.39. The summed E-state index contributed by atoms with van der Waals surface area (Å²) in [5.74, 6) is -2.88. The Morgan fingerprint density at radius 2 is 1.70 bits per heavy atom. The molecule has 0 aliphatic heterocycles. The van der Waals surface area contributed by atoms with Crippen LogP contribution < -0.4 is 8.92 Å². The van der Waals surface area contributed by atoms with Crippen LogP contribution in [-0.2, 0) is 10.1 Å². The number of halogens is 2. The maximum absolute atomic E-state index is 13.2. The number of rotatable bonds is 5. The molecule has 0 aliphatic carbocycles. The van der Waals surface area contributed by atoms with Gasteiger partial charge in [-0.1, -0.05) is 0 Å². The van der Waals surface area contributed by atoms with Gasteiger partial charge in [-0.3, -0.25) is 4.79 Å². The van der Waals surface area contributed by atoms with Crippen molar-refractivity contribution in [2.45, 2.75) is 11.8 Å². The van der Waals surface area contributed by atoms with E-state index in [0.29, 0.717) is 17.7 Å². The largest absolute Gasteiger partial charge is 0.493 e. The van der Waals surface area contributed by atoms with E-state index in [9.17, 15) is 22.0 Å². The Morgan fingerprint density at radius 1 is 1.00 bits per heavy atom. The average molecular weight is 342 g/mol. The summed E-state index contributed by atoms with van der Waals surface area (Å²) in [7, 11) is -3.12. The molecule has 0 aliphatic rings. The maximum atomic E-state index is 13.2. The fraction of sp³-hybridized carbons (Fsp3) is 0.133. The first-order chi connectivity index (χ1) is 10.7. The Balaban J connectivity index is 2.40. The highest BCUT2D eigenvalue weighted by molar-refractivity contribution is 7.87. The molecule has 8 heteroatoms. The van der Waals surface area contributed by atoms with Gasteiger partial charge in [0.05, 0.1) is 7.11 Å². The van der Waals surface area contributed by atoms with Crippen molar-refractivity contribution in [2.24, 2.45) is 0 Å². The van der Waals surface area contributed by atoms with Gasteiger partial charge in [0.15, 0.2) is 28.9 Å². The second-order valence-corrected chi connectivity index (χ2v) is 6.08. The van der Waals surface area contributed by atoms with Gasteiger partial charge in [0, 0.05) is 5.56 Å². The molecule has 122 valence electrons. The summed E-state index contributed by atoms with van der Waals surface area (Å²) in [6.45, 7) is 1.34. The molecule has 0 aromatic heterocycles. The number of ketones is 1. The van der Waals surface area contributed by atoms with E-state index >= 15 is 0 Å². The third-order valence-electron chi connectivity index (χ3n) is 2.95. The topological polar surface area (TPSA) is 69.7 Å². The Labute approximate surface area is 131 Å². The summed E-state index contributed by atoms with van der Waals surface area (Å²) in [4.78, 5) is 10.8. The molecular formula is C15H12F2O5S. The van der Waals surface area contributed by atoms with E-state index in [1.807, 2.05) is 0 Å². The van der Waals surface area contributed by atoms with Crippen molar-refractivity contribution in [1.82, 2.24) is 0 Å². The number of Topliss-reactive ketones (excluding diaryl/α,β-unsaturated/α-hetero) is 1. The van der Waals surface area contributed by atoms with Gasteiger partial charge in [-0.25, -0.2) is 8.78 Å². The highest BCUT2D eigenvalue weighted by Crippen LogP contribution is 2.31. The molecule has 0 radical (unpaired) electrons. The number of carbonyl (C=O) groups excluding carboxylic acids is 1. The van der Waals surface area contributed by atoms with Crippen LogP contribution in [0, 0.1) is 11.6 Å². The number of benzene rings is 2. The third-order valence-corrected chi connectivity index (χ3v) is 4.18. The number of carbonyl (C=O) groups is 1. The van der Waals surface area contributed by atoms with Crippen LogP contribution in [0.2, 0.25) is 0 Å². The predicted octanol–water partition coefficient (Wildman–Crippen LogP) is 2.94. The Morgan fingerprint density at radius 3 is 2.26 bits per heavy atom. The van der Waals surface area contributed by atoms with Gasteiger partial charge in [0.2, 0.25) is 0 Å². The zero-order chi connectivity index (χ0) is 17.2. The van der Waals surface area contributed by atoms with E-state index in [-0.39, 0.29) is 17.3 Å². The van der Waals surface area contributed by atoms with Crippen LogP contribution >= 0.6 is 0 Å². The van der Waals surface area contributed by atoms with Gasteiger partial charge in [-0.05, 0) is 43.3 Å². The minimum absolute atomic E-state index is 0.0175. The molecule has 0 amide bonds. The molecule has 2 rings (SSSR count). The van der Waals surface area contributed by atoms with Crippen LogP contribution in [0.4, 0.5) is 8.78 Å². The molecular weight excluding hydrogens is 330 g/mol. The Hall–Kier alpha value is -2.48. The monoisotopic (exact) mass is 342 g/mol. The van der Waals surface area contributed by atoms with Crippen LogP contribution in [0.15, 0.2) is 41.3 Å². The second-order valence-electron chi connectivity index (χ2n) is 4.54. The SMILES string of the molecule is COc1cc(C(C)=O)ccc1OS(=O)(=O)c1ccc(F)c(F)c1. The van der Waals surface area contributed by atoms with Crippen molar-refractivity contribution in [3.05, 3.63) is 53.6 Å². The first-order valence-electron chi connectivity index (χ1n) is 6.33. The summed E-state index contributed by atoms with van der Waals surface area (Å²) in [5.41, 5.74) is 0.305. The summed E-state index contributed by atoms with van der Waals surface area (Å²) in [6.07, 6.45) is 0. The molecule has 0 fully saturated rings. The molecule has 0 saturated heterocycles. The van der Waals surface area contributed by atoms with Crippen molar-refractivity contribution in [2.75, 3.05) is 7.11 Å². The zero-order valence-corrected chi connectivity index (χ0v) is 13.0. The molecule has 0 atom stereocenters. The van der Waals surface area contributed by atoms with Gasteiger partial charge in [0.1, 0.15) is 4.90 Å². The highest BCUT2D eigenvalue weighted by atomic mass is 32.2. The first kappa shape index (κ1) is 16.9. The molecule has 0 bridgehead atoms. The fourth-order valence-corrected chi connectivity index (χ4v) is 2.71. The molecule has 0 heterocycles. The highest BCUT2D eigenvalue weighted by Gasteiger charge is 2.21. The standard InChI is InChI=1S/C15H12F2O5S/c1-9(18)10-3-6-14(15(7-10)21-2)22-23(19,20)11-4-5-12(16)13(17)8-11/h3-8H,1-2H3. The van der Waals surface area contributed by atoms with Gasteiger partial charge in [-0.2, -0.15) is 8.42 Å². The molecule has 2 aromatic rings. The minimum Gasteiger partial charge on any atom is -0.493 e. The van der Waals surface area contributed by atoms with Crippen molar-refractivity contribution in [3.63, 3.8) is 0 Å². The van der Waals surface area contributed by atoms with Crippen LogP contribution in [0.25, 0.3) is 0 Å². The second kappa shape index (κ2) is 6.33. The van der Waals surface area contributed by atoms with Crippen molar-refractivity contribution in [1.29, 1.82) is 0 Å². The van der Waals surface area contributed by atoms with Crippen LogP contribution in [0.3, 0.4) is 0 Å². The predicted molar refractivity (Wildman–Crippen MR) is 77.2 cm³/mol. The van der Waals surface area contributed by atoms with E-state index in [2.05, 4.69) is 0 Å². The first-order valence-corrected chi connectivity index (χ1v) is 7.74. The van der Waals surface area contributed by atoms with Crippen molar-refractivity contribution >= 4 is 15.9 Å². The lowest BCUT2D eigenvalue weighted by atomic mass is 10.1. The van der Waals surface area contributed by atoms with E-state index in [4.69, 9.17) is 8.92 Å². The third kappa shape index (κ3) is 3.65. The Bertz CT molecular complexity index is 862. The average Bonchev–Trinajstić information content (AvgIpc) is 2.49. The van der Waals surface area contributed by atoms with Crippen molar-refractivity contribution in [3.8, 4) is 11.5 Å². The van der Waals surface area contributed by atoms with E-state index in [1.165, 1.54) is 32.2 Å². The summed E-state index contributed by atoms with van der Waals surface area (Å²) in [5, 5.41) is 0. The molecule has 0 spiro atoms. The van der Waals surface area contributed by atoms with E-state index < -0.39 is 26.6 Å². The van der Waals surface area contributed by atoms with Gasteiger partial charge in [0.25, 0.3) is 0 Å². The van der Waals surface area contributed by atoms with Crippen LogP contribution in [0.5, 0.6) is 11.5 Å². The number of ether oxygens (including phenoxy) is 1. The van der Waals surface area contributed by atoms with Gasteiger partial charge in [-0.15, -0.1) is 0 Å². The number of hydrogen-bond donors (Lipinski definition) is 0. The lowest BCUT2D eigenvalue weighted by Crippen LogP contribution is -2.11. The molecule has 23 heavy (non-hydrogen) atoms. The lowest BCUT2D eigenvalue weighted by Gasteiger charge is -2.11. The van der Waals surface area contributed by atoms with E-state index in [1.54, 1.807) is 0 Å². The summed E-state index contributed by atoms with van der Waals surface area (Å²) >= 11 is 0. The Kier molecular flexibility index (Phi) is 4.65. The van der Waals surface area contributed by atoms with Gasteiger partial charge >= 0.3 is 10.1 Å². The van der Waals surface area contributed by atoms with Crippen LogP contribution in [0.1, 0.15) is 17.3 Å². The van der Waals surface area contributed by atoms with Crippen LogP contribution in [-0.4, -0.2) is 21.3 Å². The van der Waals surface area contributed by atoms with Gasteiger partial charge < -0.3 is 8.92 Å². The number of hydrogen-bond acceptors (Lipinski definition) is 5. The zero-order valence-electron chi connectivity index (χ0n) is 12.2. The number of methoxy groups -OCH3 is 1. The lowest BCUT2D eigenvalue weighted by molar-refractivity contribution is 0.101. The summed E-state index contributed by atoms with van der Waals surface area (Å²) in [6, 6.07) is 6.00. The molecule has 0 unspecified atom stereocenters. The quantitative estimate of drug-likeness (QED) is 0.617. The van der Waals surface area contributed by atoms with Crippen molar-refractivity contribution < 1.29 is 30.9 Å². The molecule has 2 aromatic carbocycles.